The van der Waals surface area contributed by atoms with Crippen LogP contribution in [0.3, 0.4) is 0 Å². The van der Waals surface area contributed by atoms with Crippen molar-refractivity contribution >= 4 is 11.5 Å². The van der Waals surface area contributed by atoms with E-state index < -0.39 is 16.8 Å². The molecule has 7 nitrogen and oxygen atoms in total. The summed E-state index contributed by atoms with van der Waals surface area (Å²) in [6, 6.07) is 5.81. The molecule has 0 aliphatic rings. The van der Waals surface area contributed by atoms with Crippen molar-refractivity contribution in [2.24, 2.45) is 0 Å². The van der Waals surface area contributed by atoms with Crippen molar-refractivity contribution < 1.29 is 14.1 Å². The number of nitrogen functional groups attached to an aromatic ring is 1. The highest BCUT2D eigenvalue weighted by molar-refractivity contribution is 5.34. The van der Waals surface area contributed by atoms with Gasteiger partial charge < -0.3 is 10.5 Å². The van der Waals surface area contributed by atoms with E-state index in [9.17, 15) is 14.5 Å². The van der Waals surface area contributed by atoms with Gasteiger partial charge in [-0.25, -0.2) is 9.37 Å². The Morgan fingerprint density at radius 2 is 2.05 bits per heavy atom. The van der Waals surface area contributed by atoms with Gasteiger partial charge in [0.15, 0.2) is 11.6 Å². The molecule has 0 saturated carbocycles. The van der Waals surface area contributed by atoms with Crippen molar-refractivity contribution in [3.63, 3.8) is 0 Å². The Bertz CT molecular complexity index is 633. The average molecular weight is 278 g/mol. The topological polar surface area (TPSA) is 104 Å². The van der Waals surface area contributed by atoms with Crippen LogP contribution >= 0.6 is 0 Å². The fourth-order valence-electron chi connectivity index (χ4n) is 1.51. The predicted molar refractivity (Wildman–Crippen MR) is 68.5 cm³/mol. The number of non-ortho nitro benzene ring substituents is 1. The van der Waals surface area contributed by atoms with Gasteiger partial charge in [0.05, 0.1) is 11.1 Å². The lowest BCUT2D eigenvalue weighted by atomic mass is 10.1. The minimum atomic E-state index is -0.722. The number of anilines is 1. The minimum absolute atomic E-state index is 0.0109. The normalized spacial score (nSPS) is 11.9. The van der Waals surface area contributed by atoms with E-state index in [-0.39, 0.29) is 17.5 Å². The van der Waals surface area contributed by atoms with E-state index in [0.29, 0.717) is 5.56 Å². The molecule has 0 fully saturated rings. The molecule has 2 rings (SSSR count). The van der Waals surface area contributed by atoms with E-state index in [0.717, 1.165) is 6.20 Å². The lowest BCUT2D eigenvalue weighted by Crippen LogP contribution is -2.07. The smallest absolute Gasteiger partial charge is 0.319 e. The van der Waals surface area contributed by atoms with Gasteiger partial charge in [0.25, 0.3) is 5.69 Å². The molecule has 2 N–H and O–H groups in total. The molecule has 1 aromatic carbocycles. The zero-order chi connectivity index (χ0) is 14.7. The van der Waals surface area contributed by atoms with E-state index >= 15 is 0 Å². The lowest BCUT2D eigenvalue weighted by molar-refractivity contribution is -0.384. The Morgan fingerprint density at radius 3 is 2.60 bits per heavy atom. The number of nitrogens with two attached hydrogens (primary N) is 1. The third-order valence-corrected chi connectivity index (χ3v) is 2.60. The maximum Gasteiger partial charge on any atom is 0.319 e. The summed E-state index contributed by atoms with van der Waals surface area (Å²) >= 11 is 0. The maximum atomic E-state index is 12.9. The largest absolute Gasteiger partial charge is 0.456 e. The highest BCUT2D eigenvalue weighted by atomic mass is 19.1. The molecule has 0 bridgehead atoms. The number of hydrogen-bond acceptors (Lipinski definition) is 6. The fraction of sp³-hybridized carbons (Fsp3) is 0.167. The van der Waals surface area contributed by atoms with Crippen LogP contribution in [0.25, 0.3) is 0 Å². The van der Waals surface area contributed by atoms with Crippen LogP contribution in [-0.4, -0.2) is 14.9 Å². The molecule has 1 aromatic heterocycles. The quantitative estimate of drug-likeness (QED) is 0.679. The SMILES string of the molecule is CC(Oc1ncc(F)c(N)n1)c1ccc([N+](=O)[O-])cc1. The first-order valence-electron chi connectivity index (χ1n) is 5.66. The number of halogens is 1. The lowest BCUT2D eigenvalue weighted by Gasteiger charge is -2.13. The predicted octanol–water partition coefficient (Wildman–Crippen LogP) is 2.25. The van der Waals surface area contributed by atoms with Crippen LogP contribution in [0.15, 0.2) is 30.5 Å². The van der Waals surface area contributed by atoms with E-state index in [2.05, 4.69) is 9.97 Å². The molecule has 1 unspecified atom stereocenters. The van der Waals surface area contributed by atoms with Gasteiger partial charge in [-0.05, 0) is 24.6 Å². The summed E-state index contributed by atoms with van der Waals surface area (Å²) in [5, 5.41) is 10.5. The van der Waals surface area contributed by atoms with Gasteiger partial charge in [0, 0.05) is 12.1 Å². The molecule has 8 heteroatoms. The molecule has 2 aromatic rings. The van der Waals surface area contributed by atoms with Crippen LogP contribution in [-0.2, 0) is 0 Å². The first kappa shape index (κ1) is 13.7. The second kappa shape index (κ2) is 5.47. The molecule has 0 spiro atoms. The second-order valence-corrected chi connectivity index (χ2v) is 3.99. The van der Waals surface area contributed by atoms with Crippen LogP contribution in [0.1, 0.15) is 18.6 Å². The summed E-state index contributed by atoms with van der Waals surface area (Å²) < 4.78 is 18.3. The van der Waals surface area contributed by atoms with Crippen LogP contribution in [0.2, 0.25) is 0 Å². The fourth-order valence-corrected chi connectivity index (χ4v) is 1.51. The van der Waals surface area contributed by atoms with Gasteiger partial charge in [-0.15, -0.1) is 0 Å². The van der Waals surface area contributed by atoms with Crippen molar-refractivity contribution in [1.82, 2.24) is 9.97 Å². The summed E-state index contributed by atoms with van der Waals surface area (Å²) in [5.41, 5.74) is 5.99. The molecule has 1 atom stereocenters. The number of rotatable bonds is 4. The van der Waals surface area contributed by atoms with E-state index in [1.165, 1.54) is 12.1 Å². The molecule has 0 radical (unpaired) electrons. The monoisotopic (exact) mass is 278 g/mol. The Kier molecular flexibility index (Phi) is 3.74. The maximum absolute atomic E-state index is 12.9. The first-order valence-corrected chi connectivity index (χ1v) is 5.66. The summed E-state index contributed by atoms with van der Waals surface area (Å²) in [4.78, 5) is 17.4. The van der Waals surface area contributed by atoms with Gasteiger partial charge in [0.1, 0.15) is 6.10 Å². The number of nitro groups is 1. The van der Waals surface area contributed by atoms with Crippen molar-refractivity contribution in [3.05, 3.63) is 52.0 Å². The number of nitro benzene ring substituents is 1. The third kappa shape index (κ3) is 2.97. The summed E-state index contributed by atoms with van der Waals surface area (Å²) in [6.07, 6.45) is 0.459. The molecular formula is C12H11FN4O3. The molecule has 0 aliphatic carbocycles. The molecule has 0 saturated heterocycles. The van der Waals surface area contributed by atoms with Gasteiger partial charge in [-0.3, -0.25) is 10.1 Å². The number of hydrogen-bond donors (Lipinski definition) is 1. The molecule has 104 valence electrons. The minimum Gasteiger partial charge on any atom is -0.456 e. The van der Waals surface area contributed by atoms with E-state index in [4.69, 9.17) is 10.5 Å². The second-order valence-electron chi connectivity index (χ2n) is 3.99. The van der Waals surface area contributed by atoms with Gasteiger partial charge >= 0.3 is 6.01 Å². The van der Waals surface area contributed by atoms with Gasteiger partial charge in [-0.1, -0.05) is 0 Å². The van der Waals surface area contributed by atoms with E-state index in [1.54, 1.807) is 19.1 Å². The number of ether oxygens (including phenoxy) is 1. The van der Waals surface area contributed by atoms with Crippen molar-refractivity contribution in [3.8, 4) is 6.01 Å². The Hall–Kier alpha value is -2.77. The Labute approximate surface area is 113 Å². The zero-order valence-electron chi connectivity index (χ0n) is 10.5. The van der Waals surface area contributed by atoms with Crippen molar-refractivity contribution in [2.75, 3.05) is 5.73 Å². The van der Waals surface area contributed by atoms with Crippen LogP contribution in [0, 0.1) is 15.9 Å². The molecular weight excluding hydrogens is 267 g/mol. The average Bonchev–Trinajstić information content (AvgIpc) is 2.43. The Balaban J connectivity index is 2.12. The zero-order valence-corrected chi connectivity index (χ0v) is 10.5. The first-order chi connectivity index (χ1) is 9.47. The summed E-state index contributed by atoms with van der Waals surface area (Å²) in [6.45, 7) is 1.71. The number of benzene rings is 1. The molecule has 1 heterocycles. The molecule has 20 heavy (non-hydrogen) atoms. The van der Waals surface area contributed by atoms with Crippen LogP contribution < -0.4 is 10.5 Å². The van der Waals surface area contributed by atoms with Gasteiger partial charge in [-0.2, -0.15) is 4.98 Å². The van der Waals surface area contributed by atoms with E-state index in [1.807, 2.05) is 0 Å². The highest BCUT2D eigenvalue weighted by Crippen LogP contribution is 2.22. The van der Waals surface area contributed by atoms with Crippen LogP contribution in [0.5, 0.6) is 6.01 Å². The van der Waals surface area contributed by atoms with Gasteiger partial charge in [0.2, 0.25) is 0 Å². The number of aromatic nitrogens is 2. The highest BCUT2D eigenvalue weighted by Gasteiger charge is 2.12. The Morgan fingerprint density at radius 1 is 1.40 bits per heavy atom. The molecule has 0 aliphatic heterocycles. The third-order valence-electron chi connectivity index (χ3n) is 2.60. The standard InChI is InChI=1S/C12H11FN4O3/c1-7(8-2-4-9(5-3-8)17(18)19)20-12-15-6-10(13)11(14)16-12/h2-7H,1H3,(H2,14,15,16). The van der Waals surface area contributed by atoms with Crippen LogP contribution in [0.4, 0.5) is 15.9 Å². The summed E-state index contributed by atoms with van der Waals surface area (Å²) in [5.74, 6) is -1.02. The van der Waals surface area contributed by atoms with Crippen molar-refractivity contribution in [1.29, 1.82) is 0 Å². The van der Waals surface area contributed by atoms with Crippen molar-refractivity contribution in [2.45, 2.75) is 13.0 Å². The number of nitrogens with zero attached hydrogens (tertiary/aromatic N) is 3. The molecule has 0 amide bonds. The summed E-state index contributed by atoms with van der Waals surface area (Å²) in [7, 11) is 0.